The van der Waals surface area contributed by atoms with Gasteiger partial charge in [0.1, 0.15) is 5.69 Å². The van der Waals surface area contributed by atoms with Gasteiger partial charge < -0.3 is 5.73 Å². The van der Waals surface area contributed by atoms with Crippen molar-refractivity contribution in [3.63, 3.8) is 0 Å². The number of amidine groups is 1. The number of nitrogens with zero attached hydrogens (tertiary/aromatic N) is 5. The van der Waals surface area contributed by atoms with Crippen LogP contribution < -0.4 is 5.73 Å². The summed E-state index contributed by atoms with van der Waals surface area (Å²) in [5.74, 6) is 0.521. The average Bonchev–Trinajstić information content (AvgIpc) is 2.56. The zero-order chi connectivity index (χ0) is 14.7. The Morgan fingerprint density at radius 2 is 1.95 bits per heavy atom. The highest BCUT2D eigenvalue weighted by Crippen LogP contribution is 2.25. The molecule has 0 saturated heterocycles. The predicted molar refractivity (Wildman–Crippen MR) is 80.5 cm³/mol. The molecule has 1 aliphatic rings. The number of pyridine rings is 1. The molecule has 0 radical (unpaired) electrons. The zero-order valence-corrected chi connectivity index (χ0v) is 11.7. The van der Waals surface area contributed by atoms with Crippen molar-refractivity contribution in [2.24, 2.45) is 21.1 Å². The van der Waals surface area contributed by atoms with E-state index in [1.807, 2.05) is 49.5 Å². The minimum absolute atomic E-state index is 0.218. The van der Waals surface area contributed by atoms with Crippen LogP contribution in [-0.2, 0) is 6.54 Å². The fourth-order valence-corrected chi connectivity index (χ4v) is 2.11. The van der Waals surface area contributed by atoms with E-state index in [1.54, 1.807) is 11.2 Å². The molecule has 0 saturated carbocycles. The van der Waals surface area contributed by atoms with Crippen LogP contribution in [-0.4, -0.2) is 22.9 Å². The predicted octanol–water partition coefficient (Wildman–Crippen LogP) is 2.30. The molecule has 3 rings (SSSR count). The fourth-order valence-electron chi connectivity index (χ4n) is 2.11. The molecule has 0 spiro atoms. The molecule has 1 aliphatic heterocycles. The monoisotopic (exact) mass is 280 g/mol. The fraction of sp³-hybridized carbons (Fsp3) is 0.200. The molecule has 0 bridgehead atoms. The summed E-state index contributed by atoms with van der Waals surface area (Å²) < 4.78 is 0. The van der Waals surface area contributed by atoms with Crippen LogP contribution in [0.4, 0.5) is 0 Å². The first-order chi connectivity index (χ1) is 10.3. The van der Waals surface area contributed by atoms with Gasteiger partial charge in [-0.25, -0.2) is 0 Å². The Hall–Kier alpha value is -2.60. The summed E-state index contributed by atoms with van der Waals surface area (Å²) in [6, 6.07) is 13.6. The number of nitrogens with two attached hydrogens (primary N) is 1. The maximum absolute atomic E-state index is 5.61. The lowest BCUT2D eigenvalue weighted by atomic mass is 10.1. The lowest BCUT2D eigenvalue weighted by molar-refractivity contribution is 0.248. The summed E-state index contributed by atoms with van der Waals surface area (Å²) in [5.41, 5.74) is 8.44. The highest BCUT2D eigenvalue weighted by molar-refractivity contribution is 5.97. The minimum atomic E-state index is -0.218. The highest BCUT2D eigenvalue weighted by Gasteiger charge is 2.21. The van der Waals surface area contributed by atoms with Gasteiger partial charge in [-0.2, -0.15) is 10.2 Å². The second kappa shape index (κ2) is 5.80. The van der Waals surface area contributed by atoms with Crippen molar-refractivity contribution in [2.45, 2.75) is 12.7 Å². The smallest absolute Gasteiger partial charge is 0.219 e. The molecule has 21 heavy (non-hydrogen) atoms. The molecule has 6 heteroatoms. The van der Waals surface area contributed by atoms with Gasteiger partial charge in [0.25, 0.3) is 0 Å². The average molecular weight is 280 g/mol. The molecule has 2 heterocycles. The van der Waals surface area contributed by atoms with Gasteiger partial charge in [0, 0.05) is 19.8 Å². The van der Waals surface area contributed by atoms with Crippen molar-refractivity contribution in [3.8, 4) is 0 Å². The second-order valence-corrected chi connectivity index (χ2v) is 4.75. The first-order valence-electron chi connectivity index (χ1n) is 6.70. The van der Waals surface area contributed by atoms with Crippen molar-refractivity contribution in [2.75, 3.05) is 7.05 Å². The van der Waals surface area contributed by atoms with Crippen molar-refractivity contribution in [1.29, 1.82) is 0 Å². The third kappa shape index (κ3) is 2.80. The lowest BCUT2D eigenvalue weighted by Gasteiger charge is -2.24. The molecule has 1 aromatic carbocycles. The number of hydrogen-bond acceptors (Lipinski definition) is 6. The lowest BCUT2D eigenvalue weighted by Crippen LogP contribution is -2.23. The van der Waals surface area contributed by atoms with E-state index in [2.05, 4.69) is 20.3 Å². The number of aromatic nitrogens is 1. The molecular weight excluding hydrogens is 264 g/mol. The van der Waals surface area contributed by atoms with Gasteiger partial charge in [-0.05, 0) is 23.3 Å². The highest BCUT2D eigenvalue weighted by atomic mass is 15.6. The van der Waals surface area contributed by atoms with E-state index in [1.165, 1.54) is 0 Å². The van der Waals surface area contributed by atoms with E-state index < -0.39 is 0 Å². The minimum Gasteiger partial charge on any atom is -0.326 e. The summed E-state index contributed by atoms with van der Waals surface area (Å²) in [6.07, 6.45) is 1.50. The molecule has 106 valence electrons. The summed E-state index contributed by atoms with van der Waals surface area (Å²) in [5, 5.41) is 14.8. The van der Waals surface area contributed by atoms with Crippen LogP contribution in [0.5, 0.6) is 0 Å². The van der Waals surface area contributed by atoms with Crippen LogP contribution in [0, 0.1) is 0 Å². The Labute approximate surface area is 123 Å². The van der Waals surface area contributed by atoms with E-state index in [4.69, 9.17) is 5.73 Å². The maximum Gasteiger partial charge on any atom is 0.219 e. The Kier molecular flexibility index (Phi) is 3.70. The number of rotatable bonds is 3. The first-order valence-corrected chi connectivity index (χ1v) is 6.70. The summed E-state index contributed by atoms with van der Waals surface area (Å²) in [6.45, 7) is 0.532. The topological polar surface area (TPSA) is 79.2 Å². The molecule has 6 nitrogen and oxygen atoms in total. The molecular formula is C15H16N6. The molecule has 1 aromatic heterocycles. The number of hydrogen-bond donors (Lipinski definition) is 1. The van der Waals surface area contributed by atoms with Crippen LogP contribution in [0.25, 0.3) is 0 Å². The van der Waals surface area contributed by atoms with Gasteiger partial charge in [0.15, 0.2) is 6.17 Å². The Balaban J connectivity index is 1.82. The zero-order valence-electron chi connectivity index (χ0n) is 11.7. The molecule has 0 aliphatic carbocycles. The molecule has 1 atom stereocenters. The van der Waals surface area contributed by atoms with E-state index in [9.17, 15) is 0 Å². The van der Waals surface area contributed by atoms with Crippen LogP contribution in [0.3, 0.4) is 0 Å². The first kappa shape index (κ1) is 13.4. The van der Waals surface area contributed by atoms with E-state index in [0.717, 1.165) is 11.1 Å². The quantitative estimate of drug-likeness (QED) is 0.936. The largest absolute Gasteiger partial charge is 0.326 e. The van der Waals surface area contributed by atoms with Gasteiger partial charge in [-0.3, -0.25) is 9.99 Å². The van der Waals surface area contributed by atoms with Crippen LogP contribution in [0.1, 0.15) is 23.0 Å². The number of hydrazone groups is 1. The van der Waals surface area contributed by atoms with Gasteiger partial charge in [-0.15, -0.1) is 5.11 Å². The third-order valence-corrected chi connectivity index (χ3v) is 3.28. The molecule has 0 fully saturated rings. The normalized spacial score (nSPS) is 17.7. The molecule has 2 N–H and O–H groups in total. The van der Waals surface area contributed by atoms with Crippen molar-refractivity contribution >= 4 is 5.84 Å². The maximum atomic E-state index is 5.61. The van der Waals surface area contributed by atoms with Gasteiger partial charge in [0.2, 0.25) is 5.84 Å². The van der Waals surface area contributed by atoms with Crippen molar-refractivity contribution in [1.82, 2.24) is 9.99 Å². The van der Waals surface area contributed by atoms with E-state index in [-0.39, 0.29) is 6.17 Å². The van der Waals surface area contributed by atoms with Gasteiger partial charge >= 0.3 is 0 Å². The van der Waals surface area contributed by atoms with E-state index in [0.29, 0.717) is 18.1 Å². The Morgan fingerprint density at radius 3 is 2.57 bits per heavy atom. The summed E-state index contributed by atoms with van der Waals surface area (Å²) >= 11 is 0. The molecule has 2 aromatic rings. The molecule has 0 amide bonds. The summed E-state index contributed by atoms with van der Waals surface area (Å²) in [7, 11) is 1.88. The van der Waals surface area contributed by atoms with Gasteiger partial charge in [0.05, 0.1) is 0 Å². The van der Waals surface area contributed by atoms with Crippen molar-refractivity contribution < 1.29 is 0 Å². The van der Waals surface area contributed by atoms with E-state index >= 15 is 0 Å². The SMILES string of the molecule is CN1N=C(c2ccccn2)N=NC1c1ccc(CN)cc1. The number of azo groups is 1. The standard InChI is InChI=1S/C15H16N6/c1-21-15(12-7-5-11(10-16)6-8-12)19-18-14(20-21)13-4-2-3-9-17-13/h2-9,15H,10,16H2,1H3. The third-order valence-electron chi connectivity index (χ3n) is 3.28. The van der Waals surface area contributed by atoms with Gasteiger partial charge in [-0.1, -0.05) is 30.3 Å². The Morgan fingerprint density at radius 1 is 1.14 bits per heavy atom. The Bertz CT molecular complexity index is 662. The number of benzene rings is 1. The summed E-state index contributed by atoms with van der Waals surface area (Å²) in [4.78, 5) is 4.23. The van der Waals surface area contributed by atoms with Crippen LogP contribution in [0.2, 0.25) is 0 Å². The van der Waals surface area contributed by atoms with Crippen LogP contribution >= 0.6 is 0 Å². The van der Waals surface area contributed by atoms with Crippen molar-refractivity contribution in [3.05, 3.63) is 65.5 Å². The van der Waals surface area contributed by atoms with Crippen LogP contribution in [0.15, 0.2) is 64.0 Å². The molecule has 1 unspecified atom stereocenters. The second-order valence-electron chi connectivity index (χ2n) is 4.75.